The van der Waals surface area contributed by atoms with Crippen LogP contribution < -0.4 is 0 Å². The van der Waals surface area contributed by atoms with E-state index in [0.717, 1.165) is 37.4 Å². The van der Waals surface area contributed by atoms with E-state index < -0.39 is 0 Å². The maximum Gasteiger partial charge on any atom is 0.223 e. The molecule has 0 N–H and O–H groups in total. The van der Waals surface area contributed by atoms with E-state index in [2.05, 4.69) is 50.2 Å². The summed E-state index contributed by atoms with van der Waals surface area (Å²) >= 11 is 0. The number of aryl methyl sites for hydroxylation is 1. The van der Waals surface area contributed by atoms with Gasteiger partial charge >= 0.3 is 0 Å². The highest BCUT2D eigenvalue weighted by molar-refractivity contribution is 5.99. The SMILES string of the molecule is Cc1cc(C(=O)CN2CCN(C(=O)CC(C)(C)C)CC2)c(C)n1C1CC1. The topological polar surface area (TPSA) is 45.6 Å². The minimum atomic E-state index is 0.0221. The lowest BCUT2D eigenvalue weighted by molar-refractivity contribution is -0.134. The average molecular weight is 360 g/mol. The van der Waals surface area contributed by atoms with Crippen LogP contribution in [0.25, 0.3) is 0 Å². The molecule has 144 valence electrons. The number of rotatable bonds is 5. The number of carbonyl (C=O) groups is 2. The van der Waals surface area contributed by atoms with E-state index in [1.165, 1.54) is 18.5 Å². The van der Waals surface area contributed by atoms with E-state index in [0.29, 0.717) is 19.0 Å². The molecule has 1 saturated carbocycles. The number of hydrogen-bond acceptors (Lipinski definition) is 3. The summed E-state index contributed by atoms with van der Waals surface area (Å²) in [5.41, 5.74) is 3.22. The Kier molecular flexibility index (Phi) is 5.29. The van der Waals surface area contributed by atoms with Crippen molar-refractivity contribution in [2.75, 3.05) is 32.7 Å². The molecule has 1 aromatic rings. The maximum atomic E-state index is 12.8. The average Bonchev–Trinajstić information content (AvgIpc) is 3.31. The molecule has 1 aromatic heterocycles. The van der Waals surface area contributed by atoms with Gasteiger partial charge in [0.1, 0.15) is 0 Å². The van der Waals surface area contributed by atoms with E-state index in [-0.39, 0.29) is 17.1 Å². The fourth-order valence-corrected chi connectivity index (χ4v) is 3.96. The van der Waals surface area contributed by atoms with Crippen LogP contribution in [-0.2, 0) is 4.79 Å². The van der Waals surface area contributed by atoms with Crippen LogP contribution in [-0.4, -0.2) is 58.8 Å². The molecule has 0 spiro atoms. The number of amides is 1. The lowest BCUT2D eigenvalue weighted by Gasteiger charge is -2.35. The lowest BCUT2D eigenvalue weighted by Crippen LogP contribution is -2.50. The van der Waals surface area contributed by atoms with E-state index in [1.54, 1.807) is 0 Å². The van der Waals surface area contributed by atoms with Crippen molar-refractivity contribution in [1.82, 2.24) is 14.4 Å². The molecular formula is C21H33N3O2. The van der Waals surface area contributed by atoms with Crippen LogP contribution in [0.5, 0.6) is 0 Å². The molecule has 26 heavy (non-hydrogen) atoms. The summed E-state index contributed by atoms with van der Waals surface area (Å²) in [7, 11) is 0. The van der Waals surface area contributed by atoms with Gasteiger partial charge in [-0.15, -0.1) is 0 Å². The van der Waals surface area contributed by atoms with Crippen LogP contribution in [0.4, 0.5) is 0 Å². The molecule has 3 rings (SSSR count). The largest absolute Gasteiger partial charge is 0.345 e. The zero-order valence-electron chi connectivity index (χ0n) is 17.0. The van der Waals surface area contributed by atoms with Crippen molar-refractivity contribution in [2.24, 2.45) is 5.41 Å². The van der Waals surface area contributed by atoms with E-state index >= 15 is 0 Å². The van der Waals surface area contributed by atoms with Gasteiger partial charge in [-0.05, 0) is 38.2 Å². The first-order valence-corrected chi connectivity index (χ1v) is 9.87. The summed E-state index contributed by atoms with van der Waals surface area (Å²) in [6, 6.07) is 2.66. The molecule has 0 aromatic carbocycles. The standard InChI is InChI=1S/C21H33N3O2/c1-15-12-18(16(2)24(15)17-6-7-17)19(25)14-22-8-10-23(11-9-22)20(26)13-21(3,4)5/h12,17H,6-11,13-14H2,1-5H3. The normalized spacial score (nSPS) is 19.0. The van der Waals surface area contributed by atoms with Crippen LogP contribution in [0.3, 0.4) is 0 Å². The first-order valence-electron chi connectivity index (χ1n) is 9.87. The minimum Gasteiger partial charge on any atom is -0.345 e. The second kappa shape index (κ2) is 7.18. The summed E-state index contributed by atoms with van der Waals surface area (Å²) < 4.78 is 2.33. The highest BCUT2D eigenvalue weighted by Gasteiger charge is 2.29. The number of hydrogen-bond donors (Lipinski definition) is 0. The summed E-state index contributed by atoms with van der Waals surface area (Å²) in [5, 5.41) is 0. The van der Waals surface area contributed by atoms with Gasteiger partial charge in [-0.25, -0.2) is 0 Å². The number of aromatic nitrogens is 1. The van der Waals surface area contributed by atoms with Gasteiger partial charge in [0.25, 0.3) is 0 Å². The molecule has 2 fully saturated rings. The van der Waals surface area contributed by atoms with Crippen molar-refractivity contribution in [1.29, 1.82) is 0 Å². The number of ketones is 1. The highest BCUT2D eigenvalue weighted by Crippen LogP contribution is 2.38. The molecule has 2 aliphatic rings. The van der Waals surface area contributed by atoms with Crippen LogP contribution >= 0.6 is 0 Å². The van der Waals surface area contributed by atoms with Gasteiger partial charge in [0.05, 0.1) is 6.54 Å². The number of Topliss-reactive ketones (excluding diaryl/α,β-unsaturated/α-hetero) is 1. The molecule has 1 aliphatic carbocycles. The second-order valence-electron chi connectivity index (χ2n) is 9.20. The molecule has 5 nitrogen and oxygen atoms in total. The predicted octanol–water partition coefficient (Wildman–Crippen LogP) is 3.20. The molecule has 1 saturated heterocycles. The van der Waals surface area contributed by atoms with Crippen molar-refractivity contribution in [3.05, 3.63) is 23.0 Å². The Bertz CT molecular complexity index is 687. The molecule has 0 unspecified atom stereocenters. The first kappa shape index (κ1) is 19.2. The Balaban J connectivity index is 1.54. The van der Waals surface area contributed by atoms with E-state index in [4.69, 9.17) is 0 Å². The molecule has 2 heterocycles. The maximum absolute atomic E-state index is 12.8. The third-order valence-corrected chi connectivity index (χ3v) is 5.47. The summed E-state index contributed by atoms with van der Waals surface area (Å²) in [6.45, 7) is 13.9. The second-order valence-corrected chi connectivity index (χ2v) is 9.20. The van der Waals surface area contributed by atoms with Crippen LogP contribution in [0.15, 0.2) is 6.07 Å². The molecule has 5 heteroatoms. The quantitative estimate of drug-likeness (QED) is 0.759. The number of piperazine rings is 1. The van der Waals surface area contributed by atoms with Gasteiger partial charge in [0.15, 0.2) is 5.78 Å². The minimum absolute atomic E-state index is 0.0221. The molecule has 0 bridgehead atoms. The van der Waals surface area contributed by atoms with E-state index in [1.807, 2.05) is 4.90 Å². The smallest absolute Gasteiger partial charge is 0.223 e. The van der Waals surface area contributed by atoms with Crippen molar-refractivity contribution < 1.29 is 9.59 Å². The Morgan fingerprint density at radius 2 is 1.69 bits per heavy atom. The van der Waals surface area contributed by atoms with Gasteiger partial charge in [-0.3, -0.25) is 14.5 Å². The Morgan fingerprint density at radius 1 is 1.08 bits per heavy atom. The monoisotopic (exact) mass is 359 g/mol. The fraction of sp³-hybridized carbons (Fsp3) is 0.714. The lowest BCUT2D eigenvalue weighted by atomic mass is 9.91. The van der Waals surface area contributed by atoms with Crippen LogP contribution in [0.1, 0.15) is 67.8 Å². The van der Waals surface area contributed by atoms with E-state index in [9.17, 15) is 9.59 Å². The number of carbonyl (C=O) groups excluding carboxylic acids is 2. The van der Waals surface area contributed by atoms with Crippen LogP contribution in [0.2, 0.25) is 0 Å². The van der Waals surface area contributed by atoms with Crippen molar-refractivity contribution in [3.8, 4) is 0 Å². The zero-order chi connectivity index (χ0) is 19.1. The fourth-order valence-electron chi connectivity index (χ4n) is 3.96. The Morgan fingerprint density at radius 3 is 2.23 bits per heavy atom. The van der Waals surface area contributed by atoms with Gasteiger partial charge in [-0.1, -0.05) is 20.8 Å². The molecular weight excluding hydrogens is 326 g/mol. The molecule has 1 amide bonds. The van der Waals surface area contributed by atoms with Gasteiger partial charge in [-0.2, -0.15) is 0 Å². The molecule has 0 atom stereocenters. The van der Waals surface area contributed by atoms with Gasteiger partial charge in [0.2, 0.25) is 5.91 Å². The van der Waals surface area contributed by atoms with Crippen molar-refractivity contribution in [3.63, 3.8) is 0 Å². The molecule has 1 aliphatic heterocycles. The highest BCUT2D eigenvalue weighted by atomic mass is 16.2. The Labute approximate surface area is 157 Å². The zero-order valence-corrected chi connectivity index (χ0v) is 17.0. The Hall–Kier alpha value is -1.62. The third-order valence-electron chi connectivity index (χ3n) is 5.47. The first-order chi connectivity index (χ1) is 12.2. The van der Waals surface area contributed by atoms with Crippen LogP contribution in [0, 0.1) is 19.3 Å². The summed E-state index contributed by atoms with van der Waals surface area (Å²) in [5.74, 6) is 0.441. The van der Waals surface area contributed by atoms with Gasteiger partial charge < -0.3 is 9.47 Å². The summed E-state index contributed by atoms with van der Waals surface area (Å²) in [6.07, 6.45) is 3.04. The van der Waals surface area contributed by atoms with Crippen molar-refractivity contribution >= 4 is 11.7 Å². The van der Waals surface area contributed by atoms with Crippen molar-refractivity contribution in [2.45, 2.75) is 59.9 Å². The van der Waals surface area contributed by atoms with Gasteiger partial charge in [0, 0.05) is 55.6 Å². The third kappa shape index (κ3) is 4.37. The number of nitrogens with zero attached hydrogens (tertiary/aromatic N) is 3. The summed E-state index contributed by atoms with van der Waals surface area (Å²) in [4.78, 5) is 29.3. The predicted molar refractivity (Wildman–Crippen MR) is 104 cm³/mol. The molecule has 0 radical (unpaired) electrons.